The Balaban J connectivity index is 0.000000693. The van der Waals surface area contributed by atoms with Crippen molar-refractivity contribution in [1.29, 1.82) is 0 Å². The summed E-state index contributed by atoms with van der Waals surface area (Å²) in [5, 5.41) is 13.0. The van der Waals surface area contributed by atoms with E-state index in [-0.39, 0.29) is 0 Å². The Morgan fingerprint density at radius 2 is 1.86 bits per heavy atom. The highest BCUT2D eigenvalue weighted by Gasteiger charge is 2.25. The van der Waals surface area contributed by atoms with Gasteiger partial charge in [-0.1, -0.05) is 19.3 Å². The van der Waals surface area contributed by atoms with Crippen molar-refractivity contribution >= 4 is 26.8 Å². The van der Waals surface area contributed by atoms with Gasteiger partial charge in [-0.05, 0) is 47.7 Å². The van der Waals surface area contributed by atoms with E-state index in [1.165, 1.54) is 50.3 Å². The van der Waals surface area contributed by atoms with Crippen LogP contribution in [0.15, 0.2) is 22.8 Å². The Kier molecular flexibility index (Phi) is 5.03. The summed E-state index contributed by atoms with van der Waals surface area (Å²) < 4.78 is 9.14. The number of aliphatic hydroxyl groups excluding tert-OH is 1. The molecule has 2 saturated carbocycles. The molecule has 0 bridgehead atoms. The number of nitrogens with zero attached hydrogens (tertiary/aromatic N) is 2. The zero-order valence-electron chi connectivity index (χ0n) is 13.0. The summed E-state index contributed by atoms with van der Waals surface area (Å²) in [6, 6.07) is 4.80. The molecule has 4 nitrogen and oxygen atoms in total. The lowest BCUT2D eigenvalue weighted by atomic mass is 9.96. The van der Waals surface area contributed by atoms with E-state index in [9.17, 15) is 0 Å². The fraction of sp³-hybridized carbons (Fsp3) is 0.588. The fourth-order valence-electron chi connectivity index (χ4n) is 3.03. The molecule has 0 unspecified atom stereocenters. The zero-order chi connectivity index (χ0) is 15.5. The van der Waals surface area contributed by atoms with Crippen LogP contribution in [0.4, 0.5) is 0 Å². The molecule has 2 fully saturated rings. The van der Waals surface area contributed by atoms with E-state index in [0.717, 1.165) is 22.8 Å². The zero-order valence-corrected chi connectivity index (χ0v) is 14.6. The minimum atomic E-state index is 0.421. The lowest BCUT2D eigenvalue weighted by Crippen LogP contribution is -2.12. The largest absolute Gasteiger partial charge is 0.489 e. The van der Waals surface area contributed by atoms with Crippen LogP contribution in [0.3, 0.4) is 0 Å². The molecule has 0 saturated heterocycles. The van der Waals surface area contributed by atoms with Crippen LogP contribution in [-0.2, 0) is 0 Å². The number of halogens is 1. The van der Waals surface area contributed by atoms with Crippen LogP contribution in [0, 0.1) is 0 Å². The number of rotatable bonds is 3. The lowest BCUT2D eigenvalue weighted by molar-refractivity contribution is 0.301. The van der Waals surface area contributed by atoms with Crippen LogP contribution in [-0.4, -0.2) is 28.1 Å². The van der Waals surface area contributed by atoms with Gasteiger partial charge in [-0.15, -0.1) is 0 Å². The molecule has 0 aliphatic heterocycles. The summed E-state index contributed by atoms with van der Waals surface area (Å²) in [5.74, 6) is 0.939. The van der Waals surface area contributed by atoms with E-state index in [1.54, 1.807) is 0 Å². The number of fused-ring (bicyclic) bond motifs is 1. The van der Waals surface area contributed by atoms with Gasteiger partial charge in [0.25, 0.3) is 0 Å². The molecule has 2 aliphatic rings. The van der Waals surface area contributed by atoms with Gasteiger partial charge in [0, 0.05) is 24.8 Å². The molecule has 0 radical (unpaired) electrons. The summed E-state index contributed by atoms with van der Waals surface area (Å²) in [5.41, 5.74) is 1.05. The van der Waals surface area contributed by atoms with Gasteiger partial charge < -0.3 is 9.84 Å². The predicted octanol–water partition coefficient (Wildman–Crippen LogP) is 4.45. The molecule has 0 amide bonds. The third-order valence-electron chi connectivity index (χ3n) is 4.34. The van der Waals surface area contributed by atoms with Gasteiger partial charge in [0.1, 0.15) is 5.75 Å². The van der Waals surface area contributed by atoms with Crippen LogP contribution in [0.1, 0.15) is 51.0 Å². The van der Waals surface area contributed by atoms with Gasteiger partial charge >= 0.3 is 0 Å². The molecule has 120 valence electrons. The first-order chi connectivity index (χ1) is 10.8. The van der Waals surface area contributed by atoms with Crippen LogP contribution in [0.5, 0.6) is 5.75 Å². The minimum Gasteiger partial charge on any atom is -0.489 e. The first kappa shape index (κ1) is 15.8. The molecule has 5 heteroatoms. The summed E-state index contributed by atoms with van der Waals surface area (Å²) in [4.78, 5) is 0. The second-order valence-corrected chi connectivity index (χ2v) is 6.91. The Labute approximate surface area is 139 Å². The van der Waals surface area contributed by atoms with Gasteiger partial charge in [-0.2, -0.15) is 5.10 Å². The smallest absolute Gasteiger partial charge is 0.136 e. The van der Waals surface area contributed by atoms with E-state index in [4.69, 9.17) is 14.9 Å². The number of hydrogen-bond donors (Lipinski definition) is 1. The minimum absolute atomic E-state index is 0.421. The van der Waals surface area contributed by atoms with E-state index in [2.05, 4.69) is 38.9 Å². The van der Waals surface area contributed by atoms with Gasteiger partial charge in [0.15, 0.2) is 0 Å². The van der Waals surface area contributed by atoms with Crippen LogP contribution in [0.2, 0.25) is 0 Å². The lowest BCUT2D eigenvalue weighted by Gasteiger charge is -2.21. The maximum absolute atomic E-state index is 7.00. The van der Waals surface area contributed by atoms with Crippen LogP contribution < -0.4 is 4.74 Å². The van der Waals surface area contributed by atoms with Crippen molar-refractivity contribution in [3.05, 3.63) is 22.8 Å². The normalized spacial score (nSPS) is 18.9. The average molecular weight is 367 g/mol. The summed E-state index contributed by atoms with van der Waals surface area (Å²) in [7, 11) is 1.00. The molecule has 1 N–H and O–H groups in total. The molecule has 1 aromatic heterocycles. The molecule has 2 aromatic rings. The SMILES string of the molecule is Brc1cc2cn(C3CCCCC3)nc2cc1OC1CC1.CO. The fourth-order valence-corrected chi connectivity index (χ4v) is 3.49. The predicted molar refractivity (Wildman–Crippen MR) is 91.3 cm³/mol. The first-order valence-corrected chi connectivity index (χ1v) is 8.89. The summed E-state index contributed by atoms with van der Waals surface area (Å²) in [6.07, 6.45) is 11.5. The van der Waals surface area contributed by atoms with Crippen molar-refractivity contribution in [2.45, 2.75) is 57.1 Å². The molecule has 22 heavy (non-hydrogen) atoms. The Morgan fingerprint density at radius 1 is 1.14 bits per heavy atom. The molecule has 1 aromatic carbocycles. The number of aromatic nitrogens is 2. The number of ether oxygens (including phenoxy) is 1. The van der Waals surface area contributed by atoms with Crippen molar-refractivity contribution in [1.82, 2.24) is 9.78 Å². The third-order valence-corrected chi connectivity index (χ3v) is 4.96. The molecular weight excluding hydrogens is 344 g/mol. The molecular formula is C17H23BrN2O2. The van der Waals surface area contributed by atoms with Gasteiger partial charge in [0.2, 0.25) is 0 Å². The maximum Gasteiger partial charge on any atom is 0.136 e. The Hall–Kier alpha value is -1.07. The van der Waals surface area contributed by atoms with Crippen molar-refractivity contribution in [2.24, 2.45) is 0 Å². The highest BCUT2D eigenvalue weighted by Crippen LogP contribution is 2.36. The van der Waals surface area contributed by atoms with Crippen molar-refractivity contribution in [3.8, 4) is 5.75 Å². The quantitative estimate of drug-likeness (QED) is 0.872. The van der Waals surface area contributed by atoms with Gasteiger partial charge in [0.05, 0.1) is 22.1 Å². The summed E-state index contributed by atoms with van der Waals surface area (Å²) in [6.45, 7) is 0. The molecule has 0 spiro atoms. The molecule has 2 aliphatic carbocycles. The van der Waals surface area contributed by atoms with Gasteiger partial charge in [-0.3, -0.25) is 4.68 Å². The number of aliphatic hydroxyl groups is 1. The van der Waals surface area contributed by atoms with Crippen LogP contribution in [0.25, 0.3) is 10.9 Å². The Bertz CT molecular complexity index is 631. The third kappa shape index (κ3) is 3.46. The van der Waals surface area contributed by atoms with E-state index in [1.807, 2.05) is 0 Å². The second-order valence-electron chi connectivity index (χ2n) is 6.06. The molecule has 4 rings (SSSR count). The molecule has 0 atom stereocenters. The van der Waals surface area contributed by atoms with E-state index >= 15 is 0 Å². The van der Waals surface area contributed by atoms with E-state index in [0.29, 0.717) is 12.1 Å². The van der Waals surface area contributed by atoms with Crippen molar-refractivity contribution in [3.63, 3.8) is 0 Å². The number of hydrogen-bond acceptors (Lipinski definition) is 3. The highest BCUT2D eigenvalue weighted by molar-refractivity contribution is 9.10. The highest BCUT2D eigenvalue weighted by atomic mass is 79.9. The van der Waals surface area contributed by atoms with Crippen LogP contribution >= 0.6 is 15.9 Å². The standard InChI is InChI=1S/C16H19BrN2O.CH4O/c17-14-8-11-10-19(12-4-2-1-3-5-12)18-15(11)9-16(14)20-13-6-7-13;1-2/h8-10,12-13H,1-7H2;2H,1H3. The topological polar surface area (TPSA) is 47.3 Å². The van der Waals surface area contributed by atoms with E-state index < -0.39 is 0 Å². The summed E-state index contributed by atoms with van der Waals surface area (Å²) >= 11 is 3.62. The maximum atomic E-state index is 7.00. The average Bonchev–Trinajstić information content (AvgIpc) is 3.28. The monoisotopic (exact) mass is 366 g/mol. The number of benzene rings is 1. The van der Waals surface area contributed by atoms with Crippen molar-refractivity contribution < 1.29 is 9.84 Å². The molecule has 1 heterocycles. The Morgan fingerprint density at radius 3 is 2.55 bits per heavy atom. The second kappa shape index (κ2) is 7.01. The van der Waals surface area contributed by atoms with Gasteiger partial charge in [-0.25, -0.2) is 0 Å². The van der Waals surface area contributed by atoms with Crippen molar-refractivity contribution in [2.75, 3.05) is 7.11 Å². The first-order valence-electron chi connectivity index (χ1n) is 8.09.